The molecule has 0 unspecified atom stereocenters. The molecule has 0 amide bonds. The third kappa shape index (κ3) is 5.21. The highest BCUT2D eigenvalue weighted by Crippen LogP contribution is 2.33. The van der Waals surface area contributed by atoms with Crippen LogP contribution in [0.15, 0.2) is 52.4 Å². The number of aryl methyl sites for hydroxylation is 4. The lowest BCUT2D eigenvalue weighted by molar-refractivity contribution is 0.0683. The van der Waals surface area contributed by atoms with Crippen LogP contribution in [0.1, 0.15) is 39.2 Å². The number of hydrogen-bond donors (Lipinski definition) is 1. The first-order valence-electron chi connectivity index (χ1n) is 9.83. The van der Waals surface area contributed by atoms with E-state index in [1.807, 2.05) is 50.6 Å². The van der Waals surface area contributed by atoms with E-state index in [-0.39, 0.29) is 0 Å². The summed E-state index contributed by atoms with van der Waals surface area (Å²) in [7, 11) is 0. The van der Waals surface area contributed by atoms with Gasteiger partial charge in [0.2, 0.25) is 0 Å². The number of carboxylic acid groups (broad SMARTS) is 1. The Bertz CT molecular complexity index is 1030. The van der Waals surface area contributed by atoms with Crippen molar-refractivity contribution in [3.8, 4) is 5.75 Å². The summed E-state index contributed by atoms with van der Waals surface area (Å²) in [5.74, 6) is -0.125. The van der Waals surface area contributed by atoms with Gasteiger partial charge in [-0.15, -0.1) is 0 Å². The highest BCUT2D eigenvalue weighted by atomic mass is 35.5. The number of halogens is 1. The molecule has 0 bridgehead atoms. The molecule has 2 aromatic carbocycles. The van der Waals surface area contributed by atoms with Crippen molar-refractivity contribution in [2.75, 3.05) is 6.61 Å². The highest BCUT2D eigenvalue weighted by Gasteiger charge is 2.19. The summed E-state index contributed by atoms with van der Waals surface area (Å²) >= 11 is 7.79. The molecule has 6 heteroatoms. The molecule has 3 aromatic rings. The number of aromatic nitrogens is 1. The van der Waals surface area contributed by atoms with Crippen LogP contribution < -0.4 is 4.74 Å². The second kappa shape index (κ2) is 9.63. The van der Waals surface area contributed by atoms with Crippen molar-refractivity contribution < 1.29 is 14.6 Å². The van der Waals surface area contributed by atoms with Gasteiger partial charge in [0.15, 0.2) is 0 Å². The molecule has 1 heterocycles. The molecule has 4 nitrogen and oxygen atoms in total. The fourth-order valence-corrected chi connectivity index (χ4v) is 4.41. The van der Waals surface area contributed by atoms with E-state index in [9.17, 15) is 9.90 Å². The highest BCUT2D eigenvalue weighted by molar-refractivity contribution is 7.99. The van der Waals surface area contributed by atoms with Crippen LogP contribution in [0.3, 0.4) is 0 Å². The van der Waals surface area contributed by atoms with Crippen LogP contribution in [0.25, 0.3) is 0 Å². The van der Waals surface area contributed by atoms with Gasteiger partial charge in [-0.3, -0.25) is 0 Å². The number of aromatic carboxylic acids is 1. The van der Waals surface area contributed by atoms with Gasteiger partial charge in [-0.2, -0.15) is 0 Å². The van der Waals surface area contributed by atoms with Gasteiger partial charge in [0.25, 0.3) is 0 Å². The van der Waals surface area contributed by atoms with Crippen LogP contribution in [0, 0.1) is 27.7 Å². The maximum absolute atomic E-state index is 11.8. The number of hydrogen-bond acceptors (Lipinski definition) is 3. The molecule has 0 saturated heterocycles. The van der Waals surface area contributed by atoms with E-state index in [0.717, 1.165) is 37.3 Å². The zero-order valence-electron chi connectivity index (χ0n) is 17.7. The molecule has 158 valence electrons. The summed E-state index contributed by atoms with van der Waals surface area (Å²) in [6.07, 6.45) is 2.63. The summed E-state index contributed by atoms with van der Waals surface area (Å²) in [5, 5.41) is 10.5. The molecule has 0 aliphatic rings. The Kier molecular flexibility index (Phi) is 7.16. The minimum Gasteiger partial charge on any atom is -0.494 e. The molecular weight excluding hydrogens is 418 g/mol. The number of nitrogens with zero attached hydrogens (tertiary/aromatic N) is 1. The number of rotatable bonds is 8. The standard InChI is InChI=1S/C24H26ClNO3S/c1-15-6-8-20(9-7-15)30-21-14-26(23(18(21)4)24(27)28)10-5-11-29-19-12-16(2)22(25)17(3)13-19/h6-9,12-14H,5,10-11H2,1-4H3,(H,27,28). The van der Waals surface area contributed by atoms with Crippen LogP contribution in [-0.2, 0) is 6.54 Å². The molecule has 0 aliphatic heterocycles. The van der Waals surface area contributed by atoms with Crippen LogP contribution in [0.5, 0.6) is 5.75 Å². The van der Waals surface area contributed by atoms with Gasteiger partial charge >= 0.3 is 5.97 Å². The minimum atomic E-state index is -0.909. The maximum atomic E-state index is 11.8. The summed E-state index contributed by atoms with van der Waals surface area (Å²) in [6.45, 7) is 8.90. The molecule has 1 aromatic heterocycles. The third-order valence-electron chi connectivity index (χ3n) is 4.96. The van der Waals surface area contributed by atoms with Crippen LogP contribution >= 0.6 is 23.4 Å². The van der Waals surface area contributed by atoms with Gasteiger partial charge in [0.1, 0.15) is 11.4 Å². The fraction of sp³-hybridized carbons (Fsp3) is 0.292. The summed E-state index contributed by atoms with van der Waals surface area (Å²) < 4.78 is 7.68. The lowest BCUT2D eigenvalue weighted by atomic mass is 10.1. The van der Waals surface area contributed by atoms with Crippen LogP contribution in [-0.4, -0.2) is 22.2 Å². The quantitative estimate of drug-likeness (QED) is 0.394. The topological polar surface area (TPSA) is 51.5 Å². The minimum absolute atomic E-state index is 0.336. The first-order valence-corrected chi connectivity index (χ1v) is 11.0. The van der Waals surface area contributed by atoms with E-state index in [0.29, 0.717) is 25.3 Å². The van der Waals surface area contributed by atoms with E-state index < -0.39 is 5.97 Å². The number of ether oxygens (including phenoxy) is 1. The number of carbonyl (C=O) groups is 1. The average molecular weight is 444 g/mol. The molecular formula is C24H26ClNO3S. The normalized spacial score (nSPS) is 11.0. The van der Waals surface area contributed by atoms with Crippen molar-refractivity contribution in [3.05, 3.63) is 75.6 Å². The average Bonchev–Trinajstić information content (AvgIpc) is 3.00. The van der Waals surface area contributed by atoms with E-state index in [4.69, 9.17) is 16.3 Å². The van der Waals surface area contributed by atoms with Gasteiger partial charge in [0.05, 0.1) is 6.61 Å². The molecule has 0 spiro atoms. The Balaban J connectivity index is 1.67. The predicted octanol–water partition coefficient (Wildman–Crippen LogP) is 6.69. The maximum Gasteiger partial charge on any atom is 0.352 e. The van der Waals surface area contributed by atoms with Gasteiger partial charge in [-0.25, -0.2) is 4.79 Å². The van der Waals surface area contributed by atoms with Crippen molar-refractivity contribution in [1.29, 1.82) is 0 Å². The van der Waals surface area contributed by atoms with Crippen molar-refractivity contribution >= 4 is 29.3 Å². The second-order valence-corrected chi connectivity index (χ2v) is 8.95. The van der Waals surface area contributed by atoms with E-state index in [2.05, 4.69) is 24.3 Å². The molecule has 3 rings (SSSR count). The Morgan fingerprint density at radius 1 is 1.10 bits per heavy atom. The Labute approximate surface area is 186 Å². The lowest BCUT2D eigenvalue weighted by Crippen LogP contribution is -2.11. The van der Waals surface area contributed by atoms with Gasteiger partial charge < -0.3 is 14.4 Å². The Morgan fingerprint density at radius 3 is 2.33 bits per heavy atom. The van der Waals surface area contributed by atoms with E-state index >= 15 is 0 Å². The summed E-state index contributed by atoms with van der Waals surface area (Å²) in [4.78, 5) is 13.9. The van der Waals surface area contributed by atoms with E-state index in [1.54, 1.807) is 11.8 Å². The molecule has 0 atom stereocenters. The molecule has 0 aliphatic carbocycles. The van der Waals surface area contributed by atoms with Crippen molar-refractivity contribution in [2.45, 2.75) is 50.5 Å². The second-order valence-electron chi connectivity index (χ2n) is 7.45. The SMILES string of the molecule is Cc1ccc(Sc2cn(CCCOc3cc(C)c(Cl)c(C)c3)c(C(=O)O)c2C)cc1. The fourth-order valence-electron chi connectivity index (χ4n) is 3.35. The molecule has 0 fully saturated rings. The Hall–Kier alpha value is -2.37. The van der Waals surface area contributed by atoms with Crippen LogP contribution in [0.4, 0.5) is 0 Å². The monoisotopic (exact) mass is 443 g/mol. The first kappa shape index (κ1) is 22.3. The zero-order valence-corrected chi connectivity index (χ0v) is 19.2. The van der Waals surface area contributed by atoms with Crippen LogP contribution in [0.2, 0.25) is 5.02 Å². The molecule has 0 saturated carbocycles. The van der Waals surface area contributed by atoms with Crippen molar-refractivity contribution in [2.24, 2.45) is 0 Å². The van der Waals surface area contributed by atoms with Gasteiger partial charge in [0, 0.05) is 27.6 Å². The summed E-state index contributed by atoms with van der Waals surface area (Å²) in [6, 6.07) is 12.1. The first-order chi connectivity index (χ1) is 14.3. The lowest BCUT2D eigenvalue weighted by Gasteiger charge is -2.11. The van der Waals surface area contributed by atoms with Crippen molar-refractivity contribution in [3.63, 3.8) is 0 Å². The molecule has 0 radical (unpaired) electrons. The zero-order chi connectivity index (χ0) is 21.8. The Morgan fingerprint density at radius 2 is 1.73 bits per heavy atom. The third-order valence-corrected chi connectivity index (χ3v) is 6.69. The number of carboxylic acids is 1. The molecule has 30 heavy (non-hydrogen) atoms. The largest absolute Gasteiger partial charge is 0.494 e. The van der Waals surface area contributed by atoms with Gasteiger partial charge in [-0.1, -0.05) is 41.1 Å². The number of benzene rings is 2. The van der Waals surface area contributed by atoms with Gasteiger partial charge in [-0.05, 0) is 75.1 Å². The predicted molar refractivity (Wildman–Crippen MR) is 122 cm³/mol. The summed E-state index contributed by atoms with van der Waals surface area (Å²) in [5.41, 5.74) is 4.30. The molecule has 1 N–H and O–H groups in total. The smallest absolute Gasteiger partial charge is 0.352 e. The van der Waals surface area contributed by atoms with Crippen molar-refractivity contribution in [1.82, 2.24) is 4.57 Å². The van der Waals surface area contributed by atoms with E-state index in [1.165, 1.54) is 5.56 Å².